The van der Waals surface area contributed by atoms with Gasteiger partial charge in [0, 0.05) is 0 Å². The molecule has 2 aromatic carbocycles. The largest absolute Gasteiger partial charge is 0.490 e. The van der Waals surface area contributed by atoms with Gasteiger partial charge in [-0.1, -0.05) is 42.5 Å². The van der Waals surface area contributed by atoms with E-state index in [0.717, 1.165) is 5.56 Å². The molecular formula is C16H18N2O3. The lowest BCUT2D eigenvalue weighted by Crippen LogP contribution is -2.30. The van der Waals surface area contributed by atoms with Gasteiger partial charge in [0.15, 0.2) is 0 Å². The first-order valence-electron chi connectivity index (χ1n) is 6.65. The van der Waals surface area contributed by atoms with E-state index in [4.69, 9.17) is 15.3 Å². The molecule has 1 amide bonds. The van der Waals surface area contributed by atoms with Crippen LogP contribution >= 0.6 is 0 Å². The van der Waals surface area contributed by atoms with Crippen LogP contribution in [0.15, 0.2) is 54.6 Å². The maximum atomic E-state index is 11.6. The van der Waals surface area contributed by atoms with Crippen molar-refractivity contribution < 1.29 is 14.3 Å². The molecule has 21 heavy (non-hydrogen) atoms. The SMILES string of the molecule is NNC(=O)c1ccccc1OCCOCc1ccccc1. The van der Waals surface area contributed by atoms with Crippen molar-refractivity contribution in [2.45, 2.75) is 6.61 Å². The van der Waals surface area contributed by atoms with E-state index >= 15 is 0 Å². The number of carbonyl (C=O) groups excluding carboxylic acids is 1. The molecular weight excluding hydrogens is 268 g/mol. The second kappa shape index (κ2) is 8.04. The van der Waals surface area contributed by atoms with Gasteiger partial charge in [-0.15, -0.1) is 0 Å². The topological polar surface area (TPSA) is 73.6 Å². The highest BCUT2D eigenvalue weighted by atomic mass is 16.5. The van der Waals surface area contributed by atoms with Crippen molar-refractivity contribution in [1.29, 1.82) is 0 Å². The van der Waals surface area contributed by atoms with E-state index in [1.807, 2.05) is 30.3 Å². The standard InChI is InChI=1S/C16H18N2O3/c17-18-16(19)14-8-4-5-9-15(14)21-11-10-20-12-13-6-2-1-3-7-13/h1-9H,10-12,17H2,(H,18,19). The zero-order valence-corrected chi connectivity index (χ0v) is 11.6. The van der Waals surface area contributed by atoms with Crippen LogP contribution in [0.4, 0.5) is 0 Å². The van der Waals surface area contributed by atoms with Crippen LogP contribution in [0, 0.1) is 0 Å². The Morgan fingerprint density at radius 1 is 1.00 bits per heavy atom. The van der Waals surface area contributed by atoms with Crippen LogP contribution in [-0.4, -0.2) is 19.1 Å². The predicted molar refractivity (Wildman–Crippen MR) is 79.7 cm³/mol. The van der Waals surface area contributed by atoms with E-state index in [9.17, 15) is 4.79 Å². The van der Waals surface area contributed by atoms with E-state index in [-0.39, 0.29) is 5.91 Å². The van der Waals surface area contributed by atoms with Crippen LogP contribution in [0.3, 0.4) is 0 Å². The van der Waals surface area contributed by atoms with Gasteiger partial charge in [0.1, 0.15) is 12.4 Å². The maximum absolute atomic E-state index is 11.6. The van der Waals surface area contributed by atoms with Crippen molar-refractivity contribution >= 4 is 5.91 Å². The molecule has 0 saturated heterocycles. The Morgan fingerprint density at radius 3 is 2.48 bits per heavy atom. The van der Waals surface area contributed by atoms with Crippen LogP contribution < -0.4 is 16.0 Å². The maximum Gasteiger partial charge on any atom is 0.268 e. The lowest BCUT2D eigenvalue weighted by molar-refractivity contribution is 0.0865. The van der Waals surface area contributed by atoms with Crippen molar-refractivity contribution in [3.05, 3.63) is 65.7 Å². The molecule has 3 N–H and O–H groups in total. The molecule has 0 radical (unpaired) electrons. The Kier molecular flexibility index (Phi) is 5.75. The van der Waals surface area contributed by atoms with E-state index in [0.29, 0.717) is 31.1 Å². The van der Waals surface area contributed by atoms with Crippen LogP contribution in [0.5, 0.6) is 5.75 Å². The van der Waals surface area contributed by atoms with Crippen LogP contribution in [-0.2, 0) is 11.3 Å². The van der Waals surface area contributed by atoms with E-state index in [2.05, 4.69) is 5.43 Å². The number of hydrazine groups is 1. The molecule has 2 aromatic rings. The molecule has 0 atom stereocenters. The van der Waals surface area contributed by atoms with Gasteiger partial charge in [0.05, 0.1) is 18.8 Å². The number of rotatable bonds is 7. The molecule has 5 nitrogen and oxygen atoms in total. The number of hydrogen-bond donors (Lipinski definition) is 2. The van der Waals surface area contributed by atoms with Gasteiger partial charge in [-0.2, -0.15) is 0 Å². The third kappa shape index (κ3) is 4.59. The third-order valence-electron chi connectivity index (χ3n) is 2.86. The summed E-state index contributed by atoms with van der Waals surface area (Å²) in [7, 11) is 0. The van der Waals surface area contributed by atoms with Gasteiger partial charge < -0.3 is 9.47 Å². The van der Waals surface area contributed by atoms with Crippen LogP contribution in [0.2, 0.25) is 0 Å². The first-order valence-corrected chi connectivity index (χ1v) is 6.65. The number of hydrogen-bond acceptors (Lipinski definition) is 4. The number of nitrogen functional groups attached to an aromatic ring is 1. The molecule has 0 saturated carbocycles. The van der Waals surface area contributed by atoms with E-state index in [1.165, 1.54) is 0 Å². The number of benzene rings is 2. The fourth-order valence-corrected chi connectivity index (χ4v) is 1.83. The molecule has 0 aliphatic carbocycles. The number of carbonyl (C=O) groups is 1. The highest BCUT2D eigenvalue weighted by Crippen LogP contribution is 2.17. The molecule has 0 unspecified atom stereocenters. The Bertz CT molecular complexity index is 573. The minimum Gasteiger partial charge on any atom is -0.490 e. The second-order valence-electron chi connectivity index (χ2n) is 4.36. The number of para-hydroxylation sites is 1. The van der Waals surface area contributed by atoms with Gasteiger partial charge in [-0.3, -0.25) is 10.2 Å². The average molecular weight is 286 g/mol. The minimum atomic E-state index is -0.379. The van der Waals surface area contributed by atoms with Gasteiger partial charge >= 0.3 is 0 Å². The molecule has 0 fully saturated rings. The predicted octanol–water partition coefficient (Wildman–Crippen LogP) is 1.89. The van der Waals surface area contributed by atoms with Gasteiger partial charge in [-0.05, 0) is 17.7 Å². The molecule has 5 heteroatoms. The molecule has 0 bridgehead atoms. The Morgan fingerprint density at radius 2 is 1.71 bits per heavy atom. The molecule has 0 aromatic heterocycles. The summed E-state index contributed by atoms with van der Waals surface area (Å²) in [5.41, 5.74) is 3.61. The normalized spacial score (nSPS) is 10.1. The van der Waals surface area contributed by atoms with Crippen molar-refractivity contribution in [2.75, 3.05) is 13.2 Å². The number of nitrogens with one attached hydrogen (secondary N) is 1. The number of ether oxygens (including phenoxy) is 2. The first-order chi connectivity index (χ1) is 10.3. The summed E-state index contributed by atoms with van der Waals surface area (Å²) in [6.07, 6.45) is 0. The van der Waals surface area contributed by atoms with Crippen molar-refractivity contribution in [3.63, 3.8) is 0 Å². The lowest BCUT2D eigenvalue weighted by Gasteiger charge is -2.10. The average Bonchev–Trinajstić information content (AvgIpc) is 2.55. The summed E-state index contributed by atoms with van der Waals surface area (Å²) in [4.78, 5) is 11.6. The van der Waals surface area contributed by atoms with Crippen molar-refractivity contribution in [3.8, 4) is 5.75 Å². The summed E-state index contributed by atoms with van der Waals surface area (Å²) in [6, 6.07) is 16.8. The Hall–Kier alpha value is -2.37. The highest BCUT2D eigenvalue weighted by Gasteiger charge is 2.10. The fraction of sp³-hybridized carbons (Fsp3) is 0.188. The van der Waals surface area contributed by atoms with Gasteiger partial charge in [0.2, 0.25) is 0 Å². The van der Waals surface area contributed by atoms with E-state index in [1.54, 1.807) is 24.3 Å². The van der Waals surface area contributed by atoms with Gasteiger partial charge in [-0.25, -0.2) is 5.84 Å². The lowest BCUT2D eigenvalue weighted by atomic mass is 10.2. The smallest absolute Gasteiger partial charge is 0.268 e. The Balaban J connectivity index is 1.77. The summed E-state index contributed by atoms with van der Waals surface area (Å²) in [5, 5.41) is 0. The third-order valence-corrected chi connectivity index (χ3v) is 2.86. The van der Waals surface area contributed by atoms with E-state index < -0.39 is 0 Å². The molecule has 0 heterocycles. The summed E-state index contributed by atoms with van der Waals surface area (Å²) in [6.45, 7) is 1.34. The van der Waals surface area contributed by atoms with Crippen molar-refractivity contribution in [2.24, 2.45) is 5.84 Å². The molecule has 0 spiro atoms. The van der Waals surface area contributed by atoms with Crippen LogP contribution in [0.25, 0.3) is 0 Å². The zero-order chi connectivity index (χ0) is 14.9. The molecule has 0 aliphatic rings. The van der Waals surface area contributed by atoms with Crippen LogP contribution in [0.1, 0.15) is 15.9 Å². The summed E-state index contributed by atoms with van der Waals surface area (Å²) >= 11 is 0. The first kappa shape index (κ1) is 15.0. The quantitative estimate of drug-likeness (QED) is 0.353. The molecule has 0 aliphatic heterocycles. The Labute approximate surface area is 123 Å². The zero-order valence-electron chi connectivity index (χ0n) is 11.6. The van der Waals surface area contributed by atoms with Gasteiger partial charge in [0.25, 0.3) is 5.91 Å². The minimum absolute atomic E-state index is 0.363. The monoisotopic (exact) mass is 286 g/mol. The fourth-order valence-electron chi connectivity index (χ4n) is 1.83. The van der Waals surface area contributed by atoms with Crippen molar-refractivity contribution in [1.82, 2.24) is 5.43 Å². The number of amides is 1. The molecule has 110 valence electrons. The highest BCUT2D eigenvalue weighted by molar-refractivity contribution is 5.96. The molecule has 2 rings (SSSR count). The number of nitrogens with two attached hydrogens (primary N) is 1. The summed E-state index contributed by atoms with van der Waals surface area (Å²) < 4.78 is 11.1. The summed E-state index contributed by atoms with van der Waals surface area (Å²) in [5.74, 6) is 5.24. The second-order valence-corrected chi connectivity index (χ2v) is 4.36.